The number of phenolic OH excluding ortho intramolecular Hbond substituents is 1. The molecule has 3 fully saturated rings. The third-order valence-corrected chi connectivity index (χ3v) is 8.67. The maximum absolute atomic E-state index is 13.5. The third-order valence-electron chi connectivity index (χ3n) is 8.67. The van der Waals surface area contributed by atoms with Crippen molar-refractivity contribution >= 4 is 5.78 Å². The Balaban J connectivity index is 1.42. The summed E-state index contributed by atoms with van der Waals surface area (Å²) in [5.74, 6) is 1.11. The van der Waals surface area contributed by atoms with Crippen LogP contribution in [0.25, 0.3) is 0 Å². The maximum atomic E-state index is 13.5. The van der Waals surface area contributed by atoms with Gasteiger partial charge in [-0.2, -0.15) is 0 Å². The van der Waals surface area contributed by atoms with E-state index >= 15 is 0 Å². The van der Waals surface area contributed by atoms with Gasteiger partial charge in [-0.25, -0.2) is 0 Å². The number of phenols is 1. The number of benzene rings is 2. The van der Waals surface area contributed by atoms with Crippen molar-refractivity contribution in [2.45, 2.75) is 62.0 Å². The van der Waals surface area contributed by atoms with Gasteiger partial charge in [-0.3, -0.25) is 9.69 Å². The fourth-order valence-corrected chi connectivity index (χ4v) is 6.92. The van der Waals surface area contributed by atoms with Crippen molar-refractivity contribution in [3.63, 3.8) is 0 Å². The lowest BCUT2D eigenvalue weighted by atomic mass is 9.47. The van der Waals surface area contributed by atoms with Crippen molar-refractivity contribution in [1.29, 1.82) is 0 Å². The number of aliphatic hydroxyl groups is 1. The molecule has 6 rings (SSSR count). The minimum absolute atomic E-state index is 0.0465. The molecule has 2 bridgehead atoms. The summed E-state index contributed by atoms with van der Waals surface area (Å²) in [5.41, 5.74) is 1.86. The molecule has 1 heterocycles. The number of hydrogen-bond acceptors (Lipinski definition) is 4. The van der Waals surface area contributed by atoms with Crippen LogP contribution in [0, 0.1) is 11.8 Å². The molecule has 2 aromatic rings. The lowest BCUT2D eigenvalue weighted by molar-refractivity contribution is -0.181. The molecule has 4 aliphatic rings. The zero-order valence-electron chi connectivity index (χ0n) is 18.0. The smallest absolute Gasteiger partial charge is 0.137 e. The number of rotatable bonds is 4. The van der Waals surface area contributed by atoms with Gasteiger partial charge < -0.3 is 10.2 Å². The molecule has 1 aliphatic heterocycles. The summed E-state index contributed by atoms with van der Waals surface area (Å²) in [6, 6.07) is 15.8. The Morgan fingerprint density at radius 3 is 2.68 bits per heavy atom. The highest BCUT2D eigenvalue weighted by Crippen LogP contribution is 2.59. The van der Waals surface area contributed by atoms with Crippen molar-refractivity contribution in [2.24, 2.45) is 11.8 Å². The van der Waals surface area contributed by atoms with E-state index in [1.807, 2.05) is 30.3 Å². The Hall–Kier alpha value is -2.17. The number of aromatic hydroxyl groups is 1. The van der Waals surface area contributed by atoms with E-state index in [1.165, 1.54) is 18.4 Å². The molecule has 2 saturated carbocycles. The van der Waals surface area contributed by atoms with Gasteiger partial charge in [-0.1, -0.05) is 36.4 Å². The molecule has 0 spiro atoms. The van der Waals surface area contributed by atoms with E-state index in [0.29, 0.717) is 19.3 Å². The number of carbonyl (C=O) groups is 1. The lowest BCUT2D eigenvalue weighted by Gasteiger charge is -2.64. The van der Waals surface area contributed by atoms with Crippen LogP contribution in [0.2, 0.25) is 0 Å². The van der Waals surface area contributed by atoms with Gasteiger partial charge in [0, 0.05) is 30.3 Å². The molecule has 1 saturated heterocycles. The Morgan fingerprint density at radius 1 is 1.10 bits per heavy atom. The zero-order chi connectivity index (χ0) is 21.2. The number of fused-ring (bicyclic) bond motifs is 1. The number of nitrogens with zero attached hydrogens (tertiary/aromatic N) is 1. The highest BCUT2D eigenvalue weighted by molar-refractivity contribution is 5.85. The van der Waals surface area contributed by atoms with Crippen molar-refractivity contribution in [1.82, 2.24) is 4.90 Å². The second-order valence-corrected chi connectivity index (χ2v) is 10.5. The molecule has 0 radical (unpaired) electrons. The number of hydrogen-bond donors (Lipinski definition) is 2. The average molecular weight is 418 g/mol. The minimum Gasteiger partial charge on any atom is -0.508 e. The van der Waals surface area contributed by atoms with E-state index < -0.39 is 11.0 Å². The molecule has 31 heavy (non-hydrogen) atoms. The van der Waals surface area contributed by atoms with Crippen LogP contribution >= 0.6 is 0 Å². The summed E-state index contributed by atoms with van der Waals surface area (Å²) in [6.45, 7) is 1.99. The Labute approximate surface area is 183 Å². The first-order chi connectivity index (χ1) is 15.0. The van der Waals surface area contributed by atoms with Crippen LogP contribution in [-0.4, -0.2) is 45.6 Å². The minimum atomic E-state index is -0.936. The largest absolute Gasteiger partial charge is 0.508 e. The Bertz CT molecular complexity index is 1020. The zero-order valence-corrected chi connectivity index (χ0v) is 18.0. The van der Waals surface area contributed by atoms with Crippen LogP contribution in [0.5, 0.6) is 5.75 Å². The van der Waals surface area contributed by atoms with Crippen LogP contribution in [0.4, 0.5) is 0 Å². The lowest BCUT2D eigenvalue weighted by Crippen LogP contribution is -2.74. The second kappa shape index (κ2) is 6.91. The van der Waals surface area contributed by atoms with Crippen LogP contribution in [-0.2, 0) is 23.1 Å². The number of ketones is 1. The summed E-state index contributed by atoms with van der Waals surface area (Å²) in [7, 11) is 0. The fourth-order valence-electron chi connectivity index (χ4n) is 6.92. The summed E-state index contributed by atoms with van der Waals surface area (Å²) in [5, 5.41) is 22.8. The van der Waals surface area contributed by atoms with E-state index in [4.69, 9.17) is 0 Å². The topological polar surface area (TPSA) is 60.8 Å². The van der Waals surface area contributed by atoms with Gasteiger partial charge in [0.1, 0.15) is 11.5 Å². The fraction of sp³-hybridized carbons (Fsp3) is 0.519. The molecule has 162 valence electrons. The van der Waals surface area contributed by atoms with Crippen LogP contribution in [0.3, 0.4) is 0 Å². The molecule has 0 aromatic heterocycles. The second-order valence-electron chi connectivity index (χ2n) is 10.5. The standard InChI is InChI=1S/C27H31NO3/c29-22-9-8-20-13-25-27(31)15-21(12-18-4-2-1-3-5-18)24(30)16-26(27,23(20)14-22)10-11-28(25)17-19-6-7-19/h1-5,8-9,14,19,21,25,29,31H,6-7,10-13,15-17H2/t21-,25+,26+,27+/m0/s1. The van der Waals surface area contributed by atoms with Gasteiger partial charge in [0.15, 0.2) is 0 Å². The van der Waals surface area contributed by atoms with Gasteiger partial charge in [-0.05, 0) is 79.8 Å². The van der Waals surface area contributed by atoms with Crippen LogP contribution in [0.15, 0.2) is 48.5 Å². The first kappa shape index (κ1) is 19.5. The van der Waals surface area contributed by atoms with E-state index in [-0.39, 0.29) is 23.5 Å². The normalized spacial score (nSPS) is 34.8. The molecule has 3 aliphatic carbocycles. The predicted octanol–water partition coefficient (Wildman–Crippen LogP) is 3.62. The molecule has 4 atom stereocenters. The average Bonchev–Trinajstić information content (AvgIpc) is 3.57. The number of Topliss-reactive ketones (excluding diaryl/α,β-unsaturated/α-hetero) is 1. The summed E-state index contributed by atoms with van der Waals surface area (Å²) < 4.78 is 0. The monoisotopic (exact) mass is 417 g/mol. The maximum Gasteiger partial charge on any atom is 0.137 e. The van der Waals surface area contributed by atoms with E-state index in [9.17, 15) is 15.0 Å². The first-order valence-corrected chi connectivity index (χ1v) is 11.8. The third kappa shape index (κ3) is 2.99. The first-order valence-electron chi connectivity index (χ1n) is 11.8. The molecule has 4 nitrogen and oxygen atoms in total. The van der Waals surface area contributed by atoms with Gasteiger partial charge in [0.05, 0.1) is 5.60 Å². The predicted molar refractivity (Wildman–Crippen MR) is 119 cm³/mol. The summed E-state index contributed by atoms with van der Waals surface area (Å²) in [6.07, 6.45) is 5.77. The SMILES string of the molecule is O=C1C[C@]23CCN(CC4CC4)[C@H](Cc4ccc(O)cc42)[C@]3(O)C[C@@H]1Cc1ccccc1. The molecule has 2 aromatic carbocycles. The number of carbonyl (C=O) groups excluding carboxylic acids is 1. The Kier molecular flexibility index (Phi) is 4.35. The molecular formula is C27H31NO3. The number of piperidine rings is 1. The number of likely N-dealkylation sites (tertiary alicyclic amines) is 1. The van der Waals surface area contributed by atoms with Gasteiger partial charge in [0.2, 0.25) is 0 Å². The van der Waals surface area contributed by atoms with E-state index in [1.54, 1.807) is 6.07 Å². The molecular weight excluding hydrogens is 386 g/mol. The summed E-state index contributed by atoms with van der Waals surface area (Å²) in [4.78, 5) is 16.0. The molecule has 4 heteroatoms. The van der Waals surface area contributed by atoms with Crippen molar-refractivity contribution in [3.05, 3.63) is 65.2 Å². The van der Waals surface area contributed by atoms with Crippen LogP contribution in [0.1, 0.15) is 48.8 Å². The van der Waals surface area contributed by atoms with E-state index in [0.717, 1.165) is 43.0 Å². The summed E-state index contributed by atoms with van der Waals surface area (Å²) >= 11 is 0. The van der Waals surface area contributed by atoms with Gasteiger partial charge in [0.25, 0.3) is 0 Å². The Morgan fingerprint density at radius 2 is 1.90 bits per heavy atom. The quantitative estimate of drug-likeness (QED) is 0.798. The van der Waals surface area contributed by atoms with Crippen molar-refractivity contribution in [3.8, 4) is 5.75 Å². The van der Waals surface area contributed by atoms with Gasteiger partial charge >= 0.3 is 0 Å². The van der Waals surface area contributed by atoms with Crippen molar-refractivity contribution in [2.75, 3.05) is 13.1 Å². The van der Waals surface area contributed by atoms with Crippen molar-refractivity contribution < 1.29 is 15.0 Å². The van der Waals surface area contributed by atoms with Gasteiger partial charge in [-0.15, -0.1) is 0 Å². The molecule has 0 unspecified atom stereocenters. The highest BCUT2D eigenvalue weighted by atomic mass is 16.3. The van der Waals surface area contributed by atoms with E-state index in [2.05, 4.69) is 17.0 Å². The molecule has 0 amide bonds. The van der Waals surface area contributed by atoms with Crippen LogP contribution < -0.4 is 0 Å². The highest BCUT2D eigenvalue weighted by Gasteiger charge is 2.66. The molecule has 2 N–H and O–H groups in total.